The van der Waals surface area contributed by atoms with Crippen LogP contribution in [0.2, 0.25) is 0 Å². The Morgan fingerprint density at radius 3 is 2.47 bits per heavy atom. The molecule has 0 spiro atoms. The number of aromatic nitrogens is 2. The Kier molecular flexibility index (Phi) is 3.75. The molecule has 2 aromatic rings. The van der Waals surface area contributed by atoms with Gasteiger partial charge in [0.2, 0.25) is 0 Å². The van der Waals surface area contributed by atoms with Crippen LogP contribution in [0.3, 0.4) is 0 Å². The van der Waals surface area contributed by atoms with Gasteiger partial charge in [0, 0.05) is 16.9 Å². The van der Waals surface area contributed by atoms with Crippen molar-refractivity contribution < 1.29 is 13.2 Å². The van der Waals surface area contributed by atoms with Crippen molar-refractivity contribution in [3.8, 4) is 0 Å². The number of nitrogens with zero attached hydrogens (tertiary/aromatic N) is 2. The molecule has 0 amide bonds. The Bertz CT molecular complexity index is 582. The van der Waals surface area contributed by atoms with E-state index in [1.807, 2.05) is 0 Å². The summed E-state index contributed by atoms with van der Waals surface area (Å²) >= 11 is 3.21. The van der Waals surface area contributed by atoms with Crippen LogP contribution < -0.4 is 5.32 Å². The molecule has 0 unspecified atom stereocenters. The number of nitrogens with one attached hydrogen (secondary N) is 1. The summed E-state index contributed by atoms with van der Waals surface area (Å²) in [5.41, 5.74) is -0.575. The molecule has 3 nitrogen and oxygen atoms in total. The molecule has 0 saturated carbocycles. The molecule has 1 N–H and O–H groups in total. The summed E-state index contributed by atoms with van der Waals surface area (Å²) in [4.78, 5) is 7.85. The molecule has 0 aliphatic heterocycles. The highest BCUT2D eigenvalue weighted by Gasteiger charge is 2.34. The summed E-state index contributed by atoms with van der Waals surface area (Å²) in [7, 11) is 0. The number of alkyl halides is 3. The van der Waals surface area contributed by atoms with E-state index in [-0.39, 0.29) is 11.4 Å². The summed E-state index contributed by atoms with van der Waals surface area (Å²) < 4.78 is 39.4. The Balaban J connectivity index is 2.42. The first-order valence-corrected chi connectivity index (χ1v) is 6.08. The second-order valence-corrected chi connectivity index (χ2v) is 4.72. The smallest absolute Gasteiger partial charge is 0.338 e. The van der Waals surface area contributed by atoms with Crippen molar-refractivity contribution in [2.24, 2.45) is 0 Å². The van der Waals surface area contributed by atoms with Crippen LogP contribution >= 0.6 is 15.9 Å². The summed E-state index contributed by atoms with van der Waals surface area (Å²) in [6.45, 7) is 1.51. The maximum Gasteiger partial charge on any atom is 0.418 e. The zero-order chi connectivity index (χ0) is 14.0. The van der Waals surface area contributed by atoms with Crippen molar-refractivity contribution in [3.05, 3.63) is 46.3 Å². The van der Waals surface area contributed by atoms with Crippen molar-refractivity contribution in [3.63, 3.8) is 0 Å². The Hall–Kier alpha value is -1.63. The summed E-state index contributed by atoms with van der Waals surface area (Å²) in [5, 5.41) is 2.66. The number of aryl methyl sites for hydroxylation is 1. The summed E-state index contributed by atoms with van der Waals surface area (Å²) in [6.07, 6.45) is -1.80. The minimum Gasteiger partial charge on any atom is -0.338 e. The molecule has 2 heterocycles. The van der Waals surface area contributed by atoms with E-state index in [1.54, 1.807) is 12.1 Å². The average Bonchev–Trinajstić information content (AvgIpc) is 2.33. The molecule has 2 aromatic heterocycles. The Labute approximate surface area is 116 Å². The zero-order valence-electron chi connectivity index (χ0n) is 9.79. The average molecular weight is 332 g/mol. The lowest BCUT2D eigenvalue weighted by molar-refractivity contribution is -0.137. The van der Waals surface area contributed by atoms with Crippen LogP contribution in [0, 0.1) is 6.92 Å². The number of hydrogen-bond donors (Lipinski definition) is 1. The van der Waals surface area contributed by atoms with Crippen LogP contribution in [0.5, 0.6) is 0 Å². The predicted molar refractivity (Wildman–Crippen MR) is 69.2 cm³/mol. The van der Waals surface area contributed by atoms with E-state index in [0.29, 0.717) is 5.82 Å². The molecular weight excluding hydrogens is 323 g/mol. The van der Waals surface area contributed by atoms with Gasteiger partial charge in [0.1, 0.15) is 5.82 Å². The lowest BCUT2D eigenvalue weighted by Gasteiger charge is -2.15. The molecular formula is C12H9BrF3N3. The zero-order valence-corrected chi connectivity index (χ0v) is 11.4. The molecule has 100 valence electrons. The Morgan fingerprint density at radius 1 is 1.16 bits per heavy atom. The number of hydrogen-bond acceptors (Lipinski definition) is 3. The van der Waals surface area contributed by atoms with Gasteiger partial charge >= 0.3 is 6.18 Å². The fraction of sp³-hybridized carbons (Fsp3) is 0.167. The van der Waals surface area contributed by atoms with E-state index in [9.17, 15) is 13.2 Å². The number of rotatable bonds is 2. The lowest BCUT2D eigenvalue weighted by Crippen LogP contribution is -2.11. The molecule has 0 radical (unpaired) electrons. The van der Waals surface area contributed by atoms with Gasteiger partial charge in [-0.05, 0) is 41.1 Å². The highest BCUT2D eigenvalue weighted by molar-refractivity contribution is 9.10. The fourth-order valence-electron chi connectivity index (χ4n) is 1.54. The lowest BCUT2D eigenvalue weighted by atomic mass is 10.1. The second kappa shape index (κ2) is 5.16. The second-order valence-electron chi connectivity index (χ2n) is 3.80. The van der Waals surface area contributed by atoms with Crippen LogP contribution in [0.25, 0.3) is 0 Å². The van der Waals surface area contributed by atoms with Gasteiger partial charge in [-0.15, -0.1) is 0 Å². The van der Waals surface area contributed by atoms with Gasteiger partial charge in [0.15, 0.2) is 0 Å². The quantitative estimate of drug-likeness (QED) is 0.891. The fourth-order valence-corrected chi connectivity index (χ4v) is 1.77. The van der Waals surface area contributed by atoms with Gasteiger partial charge in [0.05, 0.1) is 16.9 Å². The van der Waals surface area contributed by atoms with Gasteiger partial charge in [-0.1, -0.05) is 0 Å². The third kappa shape index (κ3) is 3.23. The summed E-state index contributed by atoms with van der Waals surface area (Å²) in [6, 6.07) is 4.21. The van der Waals surface area contributed by atoms with Crippen LogP contribution in [0.1, 0.15) is 11.3 Å². The molecule has 0 bridgehead atoms. The van der Waals surface area contributed by atoms with E-state index in [1.165, 1.54) is 13.1 Å². The van der Waals surface area contributed by atoms with Gasteiger partial charge in [-0.2, -0.15) is 13.2 Å². The van der Waals surface area contributed by atoms with Gasteiger partial charge in [-0.25, -0.2) is 4.98 Å². The SMILES string of the molecule is Cc1nccc(C(F)(F)F)c1Nc1ccc(Br)cn1. The maximum absolute atomic E-state index is 12.9. The van der Waals surface area contributed by atoms with Crippen molar-refractivity contribution in [2.45, 2.75) is 13.1 Å². The van der Waals surface area contributed by atoms with Crippen LogP contribution in [0.4, 0.5) is 24.7 Å². The molecule has 0 atom stereocenters. The van der Waals surface area contributed by atoms with E-state index >= 15 is 0 Å². The van der Waals surface area contributed by atoms with E-state index in [0.717, 1.165) is 16.7 Å². The Morgan fingerprint density at radius 2 is 1.89 bits per heavy atom. The maximum atomic E-state index is 12.9. The van der Waals surface area contributed by atoms with E-state index < -0.39 is 11.7 Å². The first-order chi connectivity index (χ1) is 8.88. The monoisotopic (exact) mass is 331 g/mol. The molecule has 7 heteroatoms. The summed E-state index contributed by atoms with van der Waals surface area (Å²) in [5.74, 6) is 0.324. The van der Waals surface area contributed by atoms with Crippen molar-refractivity contribution in [2.75, 3.05) is 5.32 Å². The normalized spacial score (nSPS) is 11.4. The molecule has 0 fully saturated rings. The van der Waals surface area contributed by atoms with Gasteiger partial charge < -0.3 is 5.32 Å². The molecule has 0 aromatic carbocycles. The van der Waals surface area contributed by atoms with E-state index in [4.69, 9.17) is 0 Å². The van der Waals surface area contributed by atoms with Crippen LogP contribution in [-0.4, -0.2) is 9.97 Å². The number of pyridine rings is 2. The standard InChI is InChI=1S/C12H9BrF3N3/c1-7-11(9(4-5-17-7)12(14,15)16)19-10-3-2-8(13)6-18-10/h2-6H,1H3,(H,18,19). The van der Waals surface area contributed by atoms with Crippen LogP contribution in [0.15, 0.2) is 35.1 Å². The van der Waals surface area contributed by atoms with Gasteiger partial charge in [-0.3, -0.25) is 4.98 Å². The first kappa shape index (κ1) is 13.8. The predicted octanol–water partition coefficient (Wildman–Crippen LogP) is 4.31. The molecule has 0 saturated heterocycles. The topological polar surface area (TPSA) is 37.8 Å². The third-order valence-electron chi connectivity index (χ3n) is 2.43. The highest BCUT2D eigenvalue weighted by Crippen LogP contribution is 2.36. The number of halogens is 4. The molecule has 19 heavy (non-hydrogen) atoms. The molecule has 0 aliphatic rings. The minimum atomic E-state index is -4.44. The molecule has 0 aliphatic carbocycles. The third-order valence-corrected chi connectivity index (χ3v) is 2.90. The van der Waals surface area contributed by atoms with E-state index in [2.05, 4.69) is 31.2 Å². The van der Waals surface area contributed by atoms with Crippen molar-refractivity contribution >= 4 is 27.4 Å². The first-order valence-electron chi connectivity index (χ1n) is 5.29. The van der Waals surface area contributed by atoms with Gasteiger partial charge in [0.25, 0.3) is 0 Å². The highest BCUT2D eigenvalue weighted by atomic mass is 79.9. The van der Waals surface area contributed by atoms with Crippen molar-refractivity contribution in [1.29, 1.82) is 0 Å². The van der Waals surface area contributed by atoms with Crippen LogP contribution in [-0.2, 0) is 6.18 Å². The minimum absolute atomic E-state index is 0.0789. The largest absolute Gasteiger partial charge is 0.418 e. The van der Waals surface area contributed by atoms with Crippen molar-refractivity contribution in [1.82, 2.24) is 9.97 Å². The number of anilines is 2. The molecule has 2 rings (SSSR count).